The SMILES string of the molecule is O=C(c1ccc(O)cc1F)N1CC=C(c2ccccc2C(F)(F)F)CC1. The molecule has 0 radical (unpaired) electrons. The summed E-state index contributed by atoms with van der Waals surface area (Å²) in [5.41, 5.74) is -0.290. The van der Waals surface area contributed by atoms with E-state index >= 15 is 0 Å². The number of halogens is 4. The van der Waals surface area contributed by atoms with Gasteiger partial charge in [0.25, 0.3) is 5.91 Å². The molecule has 1 aliphatic heterocycles. The van der Waals surface area contributed by atoms with Gasteiger partial charge in [0.15, 0.2) is 0 Å². The third kappa shape index (κ3) is 3.56. The number of benzene rings is 2. The van der Waals surface area contributed by atoms with E-state index in [4.69, 9.17) is 0 Å². The van der Waals surface area contributed by atoms with Crippen LogP contribution in [0.5, 0.6) is 5.75 Å². The molecule has 0 unspecified atom stereocenters. The van der Waals surface area contributed by atoms with Gasteiger partial charge in [-0.2, -0.15) is 13.2 Å². The summed E-state index contributed by atoms with van der Waals surface area (Å²) in [5.74, 6) is -1.70. The highest BCUT2D eigenvalue weighted by molar-refractivity contribution is 5.95. The van der Waals surface area contributed by atoms with E-state index in [0.717, 1.165) is 12.1 Å². The van der Waals surface area contributed by atoms with Crippen LogP contribution in [0, 0.1) is 5.82 Å². The van der Waals surface area contributed by atoms with Crippen molar-refractivity contribution >= 4 is 11.5 Å². The molecule has 136 valence electrons. The first kappa shape index (κ1) is 18.0. The lowest BCUT2D eigenvalue weighted by Gasteiger charge is -2.28. The predicted molar refractivity (Wildman–Crippen MR) is 88.0 cm³/mol. The Labute approximate surface area is 147 Å². The summed E-state index contributed by atoms with van der Waals surface area (Å²) in [7, 11) is 0. The van der Waals surface area contributed by atoms with Crippen LogP contribution in [0.2, 0.25) is 0 Å². The smallest absolute Gasteiger partial charge is 0.416 e. The quantitative estimate of drug-likeness (QED) is 0.798. The third-order valence-corrected chi connectivity index (χ3v) is 4.26. The molecule has 0 fully saturated rings. The molecular weight excluding hydrogens is 350 g/mol. The molecule has 0 saturated carbocycles. The second-order valence-electron chi connectivity index (χ2n) is 5.94. The summed E-state index contributed by atoms with van der Waals surface area (Å²) in [4.78, 5) is 13.8. The number of aromatic hydroxyl groups is 1. The van der Waals surface area contributed by atoms with E-state index in [9.17, 15) is 27.5 Å². The van der Waals surface area contributed by atoms with Crippen molar-refractivity contribution in [2.75, 3.05) is 13.1 Å². The molecule has 0 aromatic heterocycles. The van der Waals surface area contributed by atoms with Gasteiger partial charge in [-0.05, 0) is 35.8 Å². The maximum absolute atomic E-state index is 13.8. The maximum atomic E-state index is 13.8. The molecule has 0 spiro atoms. The Morgan fingerprint density at radius 1 is 1.12 bits per heavy atom. The normalized spacial score (nSPS) is 14.9. The van der Waals surface area contributed by atoms with Crippen molar-refractivity contribution in [1.82, 2.24) is 4.90 Å². The molecule has 2 aromatic rings. The Morgan fingerprint density at radius 2 is 1.85 bits per heavy atom. The van der Waals surface area contributed by atoms with Crippen molar-refractivity contribution in [3.05, 3.63) is 71.0 Å². The first-order chi connectivity index (χ1) is 12.3. The summed E-state index contributed by atoms with van der Waals surface area (Å²) in [5, 5.41) is 9.22. The number of carbonyl (C=O) groups excluding carboxylic acids is 1. The van der Waals surface area contributed by atoms with Gasteiger partial charge < -0.3 is 10.0 Å². The van der Waals surface area contributed by atoms with Crippen LogP contribution in [0.3, 0.4) is 0 Å². The number of phenols is 1. The Hall–Kier alpha value is -2.83. The summed E-state index contributed by atoms with van der Waals surface area (Å²) in [6.07, 6.45) is -2.66. The van der Waals surface area contributed by atoms with Crippen LogP contribution in [0.1, 0.15) is 27.9 Å². The first-order valence-corrected chi connectivity index (χ1v) is 7.91. The third-order valence-electron chi connectivity index (χ3n) is 4.26. The molecule has 1 amide bonds. The van der Waals surface area contributed by atoms with Crippen LogP contribution in [0.15, 0.2) is 48.5 Å². The summed E-state index contributed by atoms with van der Waals surface area (Å²) < 4.78 is 53.3. The number of amides is 1. The van der Waals surface area contributed by atoms with E-state index in [1.165, 1.54) is 35.2 Å². The Kier molecular flexibility index (Phi) is 4.71. The zero-order valence-corrected chi connectivity index (χ0v) is 13.6. The van der Waals surface area contributed by atoms with Crippen molar-refractivity contribution in [3.8, 4) is 5.75 Å². The van der Waals surface area contributed by atoms with E-state index < -0.39 is 23.5 Å². The zero-order chi connectivity index (χ0) is 18.9. The highest BCUT2D eigenvalue weighted by atomic mass is 19.4. The highest BCUT2D eigenvalue weighted by Gasteiger charge is 2.34. The van der Waals surface area contributed by atoms with Gasteiger partial charge in [0.05, 0.1) is 11.1 Å². The van der Waals surface area contributed by atoms with Gasteiger partial charge in [-0.15, -0.1) is 0 Å². The highest BCUT2D eigenvalue weighted by Crippen LogP contribution is 2.36. The largest absolute Gasteiger partial charge is 0.508 e. The van der Waals surface area contributed by atoms with Crippen LogP contribution < -0.4 is 0 Å². The topological polar surface area (TPSA) is 40.5 Å². The number of nitrogens with zero attached hydrogens (tertiary/aromatic N) is 1. The molecule has 3 rings (SSSR count). The van der Waals surface area contributed by atoms with E-state index in [2.05, 4.69) is 0 Å². The van der Waals surface area contributed by atoms with Gasteiger partial charge in [0.2, 0.25) is 0 Å². The van der Waals surface area contributed by atoms with Crippen molar-refractivity contribution < 1.29 is 27.5 Å². The molecule has 1 N–H and O–H groups in total. The number of alkyl halides is 3. The van der Waals surface area contributed by atoms with Gasteiger partial charge >= 0.3 is 6.18 Å². The predicted octanol–water partition coefficient (Wildman–Crippen LogP) is 4.48. The van der Waals surface area contributed by atoms with E-state index in [1.54, 1.807) is 6.08 Å². The number of hydrogen-bond donors (Lipinski definition) is 1. The maximum Gasteiger partial charge on any atom is 0.416 e. The molecular formula is C19H15F4NO2. The molecule has 0 bridgehead atoms. The molecule has 0 saturated heterocycles. The fourth-order valence-electron chi connectivity index (χ4n) is 2.96. The minimum absolute atomic E-state index is 0.0840. The average Bonchev–Trinajstić information content (AvgIpc) is 2.61. The standard InChI is InChI=1S/C19H15F4NO2/c20-17-11-13(25)5-6-15(17)18(26)24-9-7-12(8-10-24)14-3-1-2-4-16(14)19(21,22)23/h1-7,11,25H,8-10H2. The number of phenolic OH excluding ortho intramolecular Hbond substituents is 1. The molecule has 1 aliphatic rings. The van der Waals surface area contributed by atoms with Gasteiger partial charge in [-0.25, -0.2) is 4.39 Å². The average molecular weight is 365 g/mol. The lowest BCUT2D eigenvalue weighted by atomic mass is 9.94. The number of hydrogen-bond acceptors (Lipinski definition) is 2. The minimum Gasteiger partial charge on any atom is -0.508 e. The lowest BCUT2D eigenvalue weighted by Crippen LogP contribution is -2.35. The fourth-order valence-corrected chi connectivity index (χ4v) is 2.96. The van der Waals surface area contributed by atoms with Gasteiger partial charge in [0.1, 0.15) is 11.6 Å². The molecule has 0 atom stereocenters. The van der Waals surface area contributed by atoms with Crippen molar-refractivity contribution in [2.24, 2.45) is 0 Å². The molecule has 7 heteroatoms. The summed E-state index contributed by atoms with van der Waals surface area (Å²) in [6.45, 7) is 0.262. The number of rotatable bonds is 2. The van der Waals surface area contributed by atoms with Crippen LogP contribution in [0.4, 0.5) is 17.6 Å². The van der Waals surface area contributed by atoms with E-state index in [-0.39, 0.29) is 36.4 Å². The zero-order valence-electron chi connectivity index (χ0n) is 13.6. The first-order valence-electron chi connectivity index (χ1n) is 7.91. The minimum atomic E-state index is -4.46. The van der Waals surface area contributed by atoms with Crippen molar-refractivity contribution in [3.63, 3.8) is 0 Å². The van der Waals surface area contributed by atoms with Crippen molar-refractivity contribution in [2.45, 2.75) is 12.6 Å². The lowest BCUT2D eigenvalue weighted by molar-refractivity contribution is -0.137. The second-order valence-corrected chi connectivity index (χ2v) is 5.94. The number of carbonyl (C=O) groups is 1. The Bertz CT molecular complexity index is 874. The summed E-state index contributed by atoms with van der Waals surface area (Å²) >= 11 is 0. The van der Waals surface area contributed by atoms with Crippen molar-refractivity contribution in [1.29, 1.82) is 0 Å². The fraction of sp³-hybridized carbons (Fsp3) is 0.211. The molecule has 0 aliphatic carbocycles. The van der Waals surface area contributed by atoms with Gasteiger partial charge in [0, 0.05) is 19.2 Å². The molecule has 1 heterocycles. The van der Waals surface area contributed by atoms with E-state index in [0.29, 0.717) is 5.57 Å². The summed E-state index contributed by atoms with van der Waals surface area (Å²) in [6, 6.07) is 8.55. The molecule has 3 nitrogen and oxygen atoms in total. The Morgan fingerprint density at radius 3 is 2.46 bits per heavy atom. The van der Waals surface area contributed by atoms with Gasteiger partial charge in [-0.1, -0.05) is 24.3 Å². The molecule has 26 heavy (non-hydrogen) atoms. The van der Waals surface area contributed by atoms with Crippen LogP contribution >= 0.6 is 0 Å². The van der Waals surface area contributed by atoms with Crippen LogP contribution in [-0.4, -0.2) is 29.0 Å². The monoisotopic (exact) mass is 365 g/mol. The second kappa shape index (κ2) is 6.82. The van der Waals surface area contributed by atoms with Crippen LogP contribution in [-0.2, 0) is 6.18 Å². The molecule has 2 aromatic carbocycles. The van der Waals surface area contributed by atoms with Crippen LogP contribution in [0.25, 0.3) is 5.57 Å². The Balaban J connectivity index is 1.82. The van der Waals surface area contributed by atoms with Gasteiger partial charge in [-0.3, -0.25) is 4.79 Å². The van der Waals surface area contributed by atoms with E-state index in [1.807, 2.05) is 0 Å².